The SMILES string of the molecule is COC(=O)c1[nH]c2cc(OC)ccc2c1NC(=O)CCN1CCN(C(=O)c2ccco2)CC1. The molecule has 3 aromatic rings. The molecule has 1 saturated heterocycles. The Bertz CT molecular complexity index is 1150. The van der Waals surface area contributed by atoms with Gasteiger partial charge in [0.15, 0.2) is 5.76 Å². The zero-order valence-corrected chi connectivity index (χ0v) is 18.6. The van der Waals surface area contributed by atoms with Crippen molar-refractivity contribution >= 4 is 34.4 Å². The fourth-order valence-electron chi connectivity index (χ4n) is 3.88. The number of carbonyl (C=O) groups is 3. The zero-order chi connectivity index (χ0) is 23.4. The number of hydrogen-bond donors (Lipinski definition) is 2. The maximum Gasteiger partial charge on any atom is 0.356 e. The molecule has 3 heterocycles. The molecule has 0 atom stereocenters. The Kier molecular flexibility index (Phi) is 6.64. The largest absolute Gasteiger partial charge is 0.497 e. The molecule has 0 radical (unpaired) electrons. The number of anilines is 1. The van der Waals surface area contributed by atoms with Gasteiger partial charge in [-0.3, -0.25) is 14.5 Å². The van der Waals surface area contributed by atoms with Crippen molar-refractivity contribution in [2.75, 3.05) is 52.3 Å². The quantitative estimate of drug-likeness (QED) is 0.526. The fraction of sp³-hybridized carbons (Fsp3) is 0.348. The zero-order valence-electron chi connectivity index (χ0n) is 18.6. The van der Waals surface area contributed by atoms with Gasteiger partial charge in [0.25, 0.3) is 5.91 Å². The first kappa shape index (κ1) is 22.4. The van der Waals surface area contributed by atoms with Gasteiger partial charge in [-0.15, -0.1) is 0 Å². The van der Waals surface area contributed by atoms with E-state index in [4.69, 9.17) is 13.9 Å². The summed E-state index contributed by atoms with van der Waals surface area (Å²) >= 11 is 0. The van der Waals surface area contributed by atoms with Crippen LogP contribution in [0.15, 0.2) is 41.0 Å². The third-order valence-electron chi connectivity index (χ3n) is 5.71. The summed E-state index contributed by atoms with van der Waals surface area (Å²) in [5.74, 6) is 0.0516. The second-order valence-electron chi connectivity index (χ2n) is 7.69. The van der Waals surface area contributed by atoms with Crippen molar-refractivity contribution < 1.29 is 28.3 Å². The number of hydrogen-bond acceptors (Lipinski definition) is 7. The van der Waals surface area contributed by atoms with E-state index in [1.165, 1.54) is 13.4 Å². The summed E-state index contributed by atoms with van der Waals surface area (Å²) in [7, 11) is 2.84. The van der Waals surface area contributed by atoms with Crippen molar-refractivity contribution in [3.63, 3.8) is 0 Å². The first-order valence-corrected chi connectivity index (χ1v) is 10.6. The van der Waals surface area contributed by atoms with Gasteiger partial charge < -0.3 is 29.1 Å². The van der Waals surface area contributed by atoms with Gasteiger partial charge >= 0.3 is 5.97 Å². The number of furan rings is 1. The van der Waals surface area contributed by atoms with E-state index in [1.807, 2.05) is 0 Å². The molecular weight excluding hydrogens is 428 g/mol. The van der Waals surface area contributed by atoms with E-state index in [1.54, 1.807) is 42.3 Å². The van der Waals surface area contributed by atoms with Crippen molar-refractivity contribution in [3.05, 3.63) is 48.0 Å². The minimum absolute atomic E-state index is 0.122. The van der Waals surface area contributed by atoms with E-state index in [2.05, 4.69) is 15.2 Å². The lowest BCUT2D eigenvalue weighted by Crippen LogP contribution is -2.49. The molecule has 1 aromatic carbocycles. The highest BCUT2D eigenvalue weighted by Crippen LogP contribution is 2.31. The van der Waals surface area contributed by atoms with Gasteiger partial charge in [0.1, 0.15) is 11.4 Å². The Labute approximate surface area is 190 Å². The first-order valence-electron chi connectivity index (χ1n) is 10.6. The summed E-state index contributed by atoms with van der Waals surface area (Å²) in [5, 5.41) is 3.55. The van der Waals surface area contributed by atoms with E-state index >= 15 is 0 Å². The Hall–Kier alpha value is -3.79. The molecule has 10 heteroatoms. The summed E-state index contributed by atoms with van der Waals surface area (Å²) in [4.78, 5) is 44.2. The third kappa shape index (κ3) is 4.85. The van der Waals surface area contributed by atoms with E-state index in [0.29, 0.717) is 60.8 Å². The standard InChI is InChI=1S/C23H26N4O6/c1-31-15-5-6-16-17(14-15)24-21(23(30)32-2)20(16)25-19(28)7-8-26-9-11-27(12-10-26)22(29)18-4-3-13-33-18/h3-6,13-14,24H,7-12H2,1-2H3,(H,25,28). The van der Waals surface area contributed by atoms with E-state index in [9.17, 15) is 14.4 Å². The van der Waals surface area contributed by atoms with Gasteiger partial charge in [-0.1, -0.05) is 0 Å². The Morgan fingerprint density at radius 1 is 1.12 bits per heavy atom. The lowest BCUT2D eigenvalue weighted by molar-refractivity contribution is -0.116. The third-order valence-corrected chi connectivity index (χ3v) is 5.71. The number of amides is 2. The number of carbonyl (C=O) groups excluding carboxylic acids is 3. The molecule has 33 heavy (non-hydrogen) atoms. The van der Waals surface area contributed by atoms with Gasteiger partial charge in [-0.05, 0) is 24.3 Å². The van der Waals surface area contributed by atoms with Gasteiger partial charge in [0, 0.05) is 50.6 Å². The highest BCUT2D eigenvalue weighted by Gasteiger charge is 2.25. The number of nitrogens with one attached hydrogen (secondary N) is 2. The van der Waals surface area contributed by atoms with Gasteiger partial charge in [-0.2, -0.15) is 0 Å². The number of aromatic nitrogens is 1. The van der Waals surface area contributed by atoms with E-state index < -0.39 is 5.97 Å². The number of aromatic amines is 1. The molecule has 1 fully saturated rings. The number of fused-ring (bicyclic) bond motifs is 1. The maximum absolute atomic E-state index is 12.7. The number of rotatable bonds is 7. The average molecular weight is 454 g/mol. The molecule has 0 unspecified atom stereocenters. The molecular formula is C23H26N4O6. The van der Waals surface area contributed by atoms with Gasteiger partial charge in [0.05, 0.1) is 31.7 Å². The molecule has 0 aliphatic carbocycles. The molecule has 10 nitrogen and oxygen atoms in total. The van der Waals surface area contributed by atoms with Crippen molar-refractivity contribution in [3.8, 4) is 5.75 Å². The monoisotopic (exact) mass is 454 g/mol. The number of methoxy groups -OCH3 is 2. The van der Waals surface area contributed by atoms with Crippen molar-refractivity contribution in [2.45, 2.75) is 6.42 Å². The average Bonchev–Trinajstić information content (AvgIpc) is 3.50. The van der Waals surface area contributed by atoms with Crippen LogP contribution < -0.4 is 10.1 Å². The minimum atomic E-state index is -0.571. The van der Waals surface area contributed by atoms with Gasteiger partial charge in [0.2, 0.25) is 5.91 Å². The summed E-state index contributed by atoms with van der Waals surface area (Å²) in [5.41, 5.74) is 1.22. The summed E-state index contributed by atoms with van der Waals surface area (Å²) in [6.07, 6.45) is 1.73. The number of ether oxygens (including phenoxy) is 2. The smallest absolute Gasteiger partial charge is 0.356 e. The van der Waals surface area contributed by atoms with Crippen LogP contribution in [0.3, 0.4) is 0 Å². The molecule has 2 N–H and O–H groups in total. The van der Waals surface area contributed by atoms with Crippen molar-refractivity contribution in [1.82, 2.24) is 14.8 Å². The highest BCUT2D eigenvalue weighted by molar-refractivity contribution is 6.11. The molecule has 0 bridgehead atoms. The summed E-state index contributed by atoms with van der Waals surface area (Å²) in [6.45, 7) is 3.01. The molecule has 0 spiro atoms. The highest BCUT2D eigenvalue weighted by atomic mass is 16.5. The lowest BCUT2D eigenvalue weighted by Gasteiger charge is -2.34. The fourth-order valence-corrected chi connectivity index (χ4v) is 3.88. The van der Waals surface area contributed by atoms with E-state index in [-0.39, 0.29) is 23.9 Å². The second kappa shape index (κ2) is 9.78. The summed E-state index contributed by atoms with van der Waals surface area (Å²) in [6, 6.07) is 8.64. The number of esters is 1. The van der Waals surface area contributed by atoms with Crippen LogP contribution in [-0.4, -0.2) is 79.5 Å². The molecule has 1 aliphatic heterocycles. The van der Waals surface area contributed by atoms with E-state index in [0.717, 1.165) is 0 Å². The number of benzene rings is 1. The number of nitrogens with zero attached hydrogens (tertiary/aromatic N) is 2. The molecule has 1 aliphatic rings. The molecule has 4 rings (SSSR count). The molecule has 0 saturated carbocycles. The predicted octanol–water partition coefficient (Wildman–Crippen LogP) is 2.34. The Morgan fingerprint density at radius 2 is 1.91 bits per heavy atom. The Balaban J connectivity index is 1.35. The predicted molar refractivity (Wildman–Crippen MR) is 120 cm³/mol. The van der Waals surface area contributed by atoms with Crippen molar-refractivity contribution in [1.29, 1.82) is 0 Å². The normalized spacial score (nSPS) is 14.3. The summed E-state index contributed by atoms with van der Waals surface area (Å²) < 4.78 is 15.3. The topological polar surface area (TPSA) is 117 Å². The van der Waals surface area contributed by atoms with Crippen LogP contribution in [0.25, 0.3) is 10.9 Å². The minimum Gasteiger partial charge on any atom is -0.497 e. The lowest BCUT2D eigenvalue weighted by atomic mass is 10.2. The van der Waals surface area contributed by atoms with Crippen LogP contribution >= 0.6 is 0 Å². The Morgan fingerprint density at radius 3 is 2.58 bits per heavy atom. The molecule has 2 amide bonds. The maximum atomic E-state index is 12.7. The molecule has 2 aromatic heterocycles. The van der Waals surface area contributed by atoms with Crippen molar-refractivity contribution in [2.24, 2.45) is 0 Å². The molecule has 174 valence electrons. The van der Waals surface area contributed by atoms with Crippen LogP contribution in [0.4, 0.5) is 5.69 Å². The van der Waals surface area contributed by atoms with Crippen LogP contribution in [-0.2, 0) is 9.53 Å². The van der Waals surface area contributed by atoms with Crippen LogP contribution in [0.5, 0.6) is 5.75 Å². The van der Waals surface area contributed by atoms with Crippen LogP contribution in [0.2, 0.25) is 0 Å². The first-order chi connectivity index (χ1) is 16.0. The number of piperazine rings is 1. The number of H-pyrrole nitrogens is 1. The van der Waals surface area contributed by atoms with Crippen LogP contribution in [0, 0.1) is 0 Å². The van der Waals surface area contributed by atoms with Crippen LogP contribution in [0.1, 0.15) is 27.5 Å². The van der Waals surface area contributed by atoms with Gasteiger partial charge in [-0.25, -0.2) is 4.79 Å². The second-order valence-corrected chi connectivity index (χ2v) is 7.69.